The van der Waals surface area contributed by atoms with Crippen molar-refractivity contribution in [2.75, 3.05) is 5.32 Å². The zero-order valence-electron chi connectivity index (χ0n) is 16.5. The number of ether oxygens (including phenoxy) is 1. The Bertz CT molecular complexity index is 934. The van der Waals surface area contributed by atoms with Crippen molar-refractivity contribution >= 4 is 23.3 Å². The quantitative estimate of drug-likeness (QED) is 0.579. The van der Waals surface area contributed by atoms with Gasteiger partial charge in [-0.25, -0.2) is 4.39 Å². The van der Waals surface area contributed by atoms with E-state index in [1.807, 2.05) is 0 Å². The second kappa shape index (κ2) is 8.55. The topological polar surface area (TPSA) is 72.5 Å². The van der Waals surface area contributed by atoms with Crippen molar-refractivity contribution in [3.05, 3.63) is 65.5 Å². The summed E-state index contributed by atoms with van der Waals surface area (Å²) in [5.41, 5.74) is 0.172. The SMILES string of the molecule is CC(=O)c1cccc(NC(=O)[C@H](C)OC(=O)C2(c3ccccc3F)CCCC2)c1. The number of esters is 1. The number of hydrogen-bond acceptors (Lipinski definition) is 4. The van der Waals surface area contributed by atoms with Gasteiger partial charge in [0, 0.05) is 16.8 Å². The van der Waals surface area contributed by atoms with E-state index < -0.39 is 29.2 Å². The van der Waals surface area contributed by atoms with E-state index in [-0.39, 0.29) is 5.78 Å². The molecular formula is C23H24FNO4. The second-order valence-corrected chi connectivity index (χ2v) is 7.44. The Kier molecular flexibility index (Phi) is 6.11. The number of ketones is 1. The molecule has 0 bridgehead atoms. The Hall–Kier alpha value is -3.02. The maximum absolute atomic E-state index is 14.4. The normalized spacial score (nSPS) is 16.1. The van der Waals surface area contributed by atoms with Gasteiger partial charge in [-0.1, -0.05) is 43.2 Å². The summed E-state index contributed by atoms with van der Waals surface area (Å²) >= 11 is 0. The molecule has 1 saturated carbocycles. The lowest BCUT2D eigenvalue weighted by molar-refractivity contribution is -0.159. The van der Waals surface area contributed by atoms with Crippen LogP contribution in [0.15, 0.2) is 48.5 Å². The van der Waals surface area contributed by atoms with Crippen molar-refractivity contribution in [1.29, 1.82) is 0 Å². The summed E-state index contributed by atoms with van der Waals surface area (Å²) < 4.78 is 19.9. The third kappa shape index (κ3) is 4.36. The Morgan fingerprint density at radius 1 is 1.07 bits per heavy atom. The fraction of sp³-hybridized carbons (Fsp3) is 0.348. The fourth-order valence-electron chi connectivity index (χ4n) is 3.80. The number of halogens is 1. The summed E-state index contributed by atoms with van der Waals surface area (Å²) in [5, 5.41) is 2.65. The van der Waals surface area contributed by atoms with E-state index >= 15 is 0 Å². The van der Waals surface area contributed by atoms with Crippen LogP contribution in [-0.4, -0.2) is 23.8 Å². The summed E-state index contributed by atoms with van der Waals surface area (Å²) in [6.07, 6.45) is 1.50. The third-order valence-corrected chi connectivity index (χ3v) is 5.43. The summed E-state index contributed by atoms with van der Waals surface area (Å²) in [5.74, 6) is -1.65. The summed E-state index contributed by atoms with van der Waals surface area (Å²) in [4.78, 5) is 37.0. The molecule has 0 aromatic heterocycles. The molecule has 0 spiro atoms. The van der Waals surface area contributed by atoms with Crippen molar-refractivity contribution in [2.24, 2.45) is 0 Å². The van der Waals surface area contributed by atoms with Gasteiger partial charge in [0.25, 0.3) is 5.91 Å². The number of Topliss-reactive ketones (excluding diaryl/α,β-unsaturated/α-hetero) is 1. The van der Waals surface area contributed by atoms with Gasteiger partial charge in [-0.3, -0.25) is 14.4 Å². The zero-order valence-corrected chi connectivity index (χ0v) is 16.5. The van der Waals surface area contributed by atoms with E-state index in [0.29, 0.717) is 29.7 Å². The van der Waals surface area contributed by atoms with Gasteiger partial charge in [-0.2, -0.15) is 0 Å². The van der Waals surface area contributed by atoms with Crippen LogP contribution in [0.4, 0.5) is 10.1 Å². The number of carbonyl (C=O) groups excluding carboxylic acids is 3. The summed E-state index contributed by atoms with van der Waals surface area (Å²) in [6.45, 7) is 2.92. The number of hydrogen-bond donors (Lipinski definition) is 1. The number of amides is 1. The first-order chi connectivity index (χ1) is 13.8. The van der Waals surface area contributed by atoms with Gasteiger partial charge in [-0.05, 0) is 44.9 Å². The van der Waals surface area contributed by atoms with Crippen LogP contribution in [0.5, 0.6) is 0 Å². The molecule has 1 atom stereocenters. The average Bonchev–Trinajstić information content (AvgIpc) is 3.19. The van der Waals surface area contributed by atoms with Gasteiger partial charge in [-0.15, -0.1) is 0 Å². The van der Waals surface area contributed by atoms with Crippen molar-refractivity contribution in [2.45, 2.75) is 51.0 Å². The van der Waals surface area contributed by atoms with Gasteiger partial charge >= 0.3 is 5.97 Å². The number of carbonyl (C=O) groups is 3. The number of rotatable bonds is 6. The van der Waals surface area contributed by atoms with Crippen LogP contribution in [0.25, 0.3) is 0 Å². The molecule has 0 radical (unpaired) electrons. The first-order valence-electron chi connectivity index (χ1n) is 9.71. The Morgan fingerprint density at radius 3 is 2.41 bits per heavy atom. The van der Waals surface area contributed by atoms with E-state index in [9.17, 15) is 18.8 Å². The smallest absolute Gasteiger partial charge is 0.317 e. The van der Waals surface area contributed by atoms with Crippen LogP contribution in [-0.2, 0) is 19.7 Å². The van der Waals surface area contributed by atoms with Crippen molar-refractivity contribution in [3.63, 3.8) is 0 Å². The van der Waals surface area contributed by atoms with Crippen LogP contribution in [0, 0.1) is 5.82 Å². The number of benzene rings is 2. The molecule has 1 fully saturated rings. The van der Waals surface area contributed by atoms with Crippen LogP contribution in [0.1, 0.15) is 55.5 Å². The molecule has 2 aromatic rings. The van der Waals surface area contributed by atoms with Gasteiger partial charge in [0.2, 0.25) is 0 Å². The molecule has 2 aromatic carbocycles. The Labute approximate surface area is 169 Å². The zero-order chi connectivity index (χ0) is 21.0. The highest BCUT2D eigenvalue weighted by Crippen LogP contribution is 2.43. The molecule has 29 heavy (non-hydrogen) atoms. The molecule has 1 aliphatic rings. The molecule has 1 aliphatic carbocycles. The molecule has 5 nitrogen and oxygen atoms in total. The third-order valence-electron chi connectivity index (χ3n) is 5.43. The molecule has 0 aliphatic heterocycles. The first-order valence-corrected chi connectivity index (χ1v) is 9.71. The highest BCUT2D eigenvalue weighted by Gasteiger charge is 2.46. The highest BCUT2D eigenvalue weighted by molar-refractivity contribution is 5.99. The maximum atomic E-state index is 14.4. The lowest BCUT2D eigenvalue weighted by Gasteiger charge is -2.29. The average molecular weight is 397 g/mol. The summed E-state index contributed by atoms with van der Waals surface area (Å²) in [7, 11) is 0. The van der Waals surface area contributed by atoms with Crippen molar-refractivity contribution in [1.82, 2.24) is 0 Å². The summed E-state index contributed by atoms with van der Waals surface area (Å²) in [6, 6.07) is 12.8. The van der Waals surface area contributed by atoms with E-state index in [4.69, 9.17) is 4.74 Å². The molecule has 0 unspecified atom stereocenters. The Balaban J connectivity index is 1.73. The fourth-order valence-corrected chi connectivity index (χ4v) is 3.80. The minimum Gasteiger partial charge on any atom is -0.452 e. The van der Waals surface area contributed by atoms with E-state index in [1.54, 1.807) is 42.5 Å². The van der Waals surface area contributed by atoms with Gasteiger partial charge < -0.3 is 10.1 Å². The number of anilines is 1. The van der Waals surface area contributed by atoms with Crippen LogP contribution in [0.3, 0.4) is 0 Å². The minimum absolute atomic E-state index is 0.117. The molecule has 0 saturated heterocycles. The highest BCUT2D eigenvalue weighted by atomic mass is 19.1. The number of nitrogens with one attached hydrogen (secondary N) is 1. The van der Waals surface area contributed by atoms with Crippen molar-refractivity contribution < 1.29 is 23.5 Å². The molecule has 0 heterocycles. The largest absolute Gasteiger partial charge is 0.452 e. The van der Waals surface area contributed by atoms with E-state index in [0.717, 1.165) is 12.8 Å². The van der Waals surface area contributed by atoms with E-state index in [2.05, 4.69) is 5.32 Å². The maximum Gasteiger partial charge on any atom is 0.317 e. The van der Waals surface area contributed by atoms with E-state index in [1.165, 1.54) is 19.9 Å². The first kappa shape index (κ1) is 20.7. The molecular weight excluding hydrogens is 373 g/mol. The van der Waals surface area contributed by atoms with Crippen LogP contribution >= 0.6 is 0 Å². The standard InChI is InChI=1S/C23H24FNO4/c1-15(26)17-8-7-9-18(14-17)25-21(27)16(2)29-22(28)23(12-5-6-13-23)19-10-3-4-11-20(19)24/h3-4,7-11,14,16H,5-6,12-13H2,1-2H3,(H,25,27)/t16-/m0/s1. The Morgan fingerprint density at radius 2 is 1.76 bits per heavy atom. The lowest BCUT2D eigenvalue weighted by Crippen LogP contribution is -2.40. The molecule has 1 N–H and O–H groups in total. The molecule has 3 rings (SSSR count). The monoisotopic (exact) mass is 397 g/mol. The van der Waals surface area contributed by atoms with Crippen LogP contribution < -0.4 is 5.32 Å². The van der Waals surface area contributed by atoms with Crippen molar-refractivity contribution in [3.8, 4) is 0 Å². The lowest BCUT2D eigenvalue weighted by atomic mass is 9.78. The van der Waals surface area contributed by atoms with Gasteiger partial charge in [0.05, 0.1) is 5.41 Å². The molecule has 1 amide bonds. The molecule has 6 heteroatoms. The predicted octanol–water partition coefficient (Wildman–Crippen LogP) is 4.41. The van der Waals surface area contributed by atoms with Crippen LogP contribution in [0.2, 0.25) is 0 Å². The predicted molar refractivity (Wildman–Crippen MR) is 107 cm³/mol. The van der Waals surface area contributed by atoms with Gasteiger partial charge in [0.1, 0.15) is 5.82 Å². The molecule has 152 valence electrons. The minimum atomic E-state index is -1.06. The second-order valence-electron chi connectivity index (χ2n) is 7.44. The van der Waals surface area contributed by atoms with Gasteiger partial charge in [0.15, 0.2) is 11.9 Å².